The second-order valence-corrected chi connectivity index (χ2v) is 6.86. The van der Waals surface area contributed by atoms with E-state index in [1.807, 2.05) is 25.1 Å². The molecule has 3 rings (SSSR count). The molecular formula is C21H20ClN3O3. The minimum absolute atomic E-state index is 0.133. The number of carbonyl (C=O) groups is 2. The van der Waals surface area contributed by atoms with Gasteiger partial charge in [0.25, 0.3) is 5.91 Å². The van der Waals surface area contributed by atoms with Gasteiger partial charge < -0.3 is 4.42 Å². The van der Waals surface area contributed by atoms with E-state index >= 15 is 0 Å². The number of rotatable bonds is 5. The Hall–Kier alpha value is -3.12. The van der Waals surface area contributed by atoms with Crippen LogP contribution in [0.2, 0.25) is 5.02 Å². The fourth-order valence-electron chi connectivity index (χ4n) is 2.54. The molecule has 0 saturated carbocycles. The number of halogens is 1. The van der Waals surface area contributed by atoms with Gasteiger partial charge in [-0.25, -0.2) is 4.98 Å². The molecule has 0 fully saturated rings. The molecule has 2 N–H and O–H groups in total. The van der Waals surface area contributed by atoms with Crippen molar-refractivity contribution in [3.63, 3.8) is 0 Å². The molecule has 0 bridgehead atoms. The second-order valence-electron chi connectivity index (χ2n) is 6.43. The highest BCUT2D eigenvalue weighted by Crippen LogP contribution is 2.23. The van der Waals surface area contributed by atoms with E-state index in [2.05, 4.69) is 22.8 Å². The number of nitrogens with zero attached hydrogens (tertiary/aromatic N) is 1. The average Bonchev–Trinajstić information content (AvgIpc) is 3.16. The fraction of sp³-hybridized carbons (Fsp3) is 0.190. The summed E-state index contributed by atoms with van der Waals surface area (Å²) in [5.41, 5.74) is 8.47. The van der Waals surface area contributed by atoms with Crippen molar-refractivity contribution in [2.75, 3.05) is 0 Å². The number of carbonyl (C=O) groups excluding carboxylic acids is 2. The second kappa shape index (κ2) is 8.71. The van der Waals surface area contributed by atoms with Crippen molar-refractivity contribution < 1.29 is 14.0 Å². The lowest BCUT2D eigenvalue weighted by Gasteiger charge is -2.06. The van der Waals surface area contributed by atoms with Gasteiger partial charge in [-0.15, -0.1) is 0 Å². The summed E-state index contributed by atoms with van der Waals surface area (Å²) in [5.74, 6) is 0.369. The van der Waals surface area contributed by atoms with Gasteiger partial charge in [0, 0.05) is 29.0 Å². The Morgan fingerprint density at radius 2 is 1.79 bits per heavy atom. The number of nitrogens with one attached hydrogen (secondary N) is 2. The molecule has 7 heteroatoms. The maximum atomic E-state index is 11.9. The predicted octanol–water partition coefficient (Wildman–Crippen LogP) is 4.01. The average molecular weight is 398 g/mol. The molecule has 0 atom stereocenters. The van der Waals surface area contributed by atoms with Crippen LogP contribution in [0.15, 0.2) is 53.1 Å². The molecule has 0 aliphatic heterocycles. The van der Waals surface area contributed by atoms with Crippen LogP contribution < -0.4 is 10.9 Å². The third kappa shape index (κ3) is 4.98. The van der Waals surface area contributed by atoms with Crippen molar-refractivity contribution in [3.8, 4) is 11.3 Å². The van der Waals surface area contributed by atoms with Crippen LogP contribution in [0.3, 0.4) is 0 Å². The van der Waals surface area contributed by atoms with Crippen LogP contribution in [0.4, 0.5) is 0 Å². The number of oxazole rings is 1. The first kappa shape index (κ1) is 19.6. The predicted molar refractivity (Wildman–Crippen MR) is 107 cm³/mol. The first-order chi connectivity index (χ1) is 13.4. The molecule has 0 aliphatic rings. The Labute approximate surface area is 167 Å². The Morgan fingerprint density at radius 3 is 2.50 bits per heavy atom. The van der Waals surface area contributed by atoms with Crippen LogP contribution in [0.1, 0.15) is 33.8 Å². The van der Waals surface area contributed by atoms with Gasteiger partial charge >= 0.3 is 0 Å². The number of aryl methyl sites for hydroxylation is 3. The van der Waals surface area contributed by atoms with E-state index in [0.29, 0.717) is 28.7 Å². The van der Waals surface area contributed by atoms with E-state index in [9.17, 15) is 9.59 Å². The maximum absolute atomic E-state index is 11.9. The summed E-state index contributed by atoms with van der Waals surface area (Å²) in [6.07, 6.45) is 2.11. The summed E-state index contributed by atoms with van der Waals surface area (Å²) < 4.78 is 5.73. The lowest BCUT2D eigenvalue weighted by atomic mass is 10.1. The SMILES string of the molecule is Cc1ccc(-c2cnc(CCC(=O)NNC(=O)c3ccc(Cl)cc3)o2)cc1C. The van der Waals surface area contributed by atoms with Crippen molar-refractivity contribution in [1.82, 2.24) is 15.8 Å². The summed E-state index contributed by atoms with van der Waals surface area (Å²) in [6.45, 7) is 4.09. The number of hydrogen-bond donors (Lipinski definition) is 2. The summed E-state index contributed by atoms with van der Waals surface area (Å²) in [7, 11) is 0. The van der Waals surface area contributed by atoms with Crippen LogP contribution in [-0.2, 0) is 11.2 Å². The summed E-state index contributed by atoms with van der Waals surface area (Å²) in [4.78, 5) is 28.1. The van der Waals surface area contributed by atoms with Gasteiger partial charge in [0.05, 0.1) is 6.20 Å². The van der Waals surface area contributed by atoms with Crippen molar-refractivity contribution in [1.29, 1.82) is 0 Å². The van der Waals surface area contributed by atoms with Crippen LogP contribution in [0.25, 0.3) is 11.3 Å². The zero-order valence-electron chi connectivity index (χ0n) is 15.6. The van der Waals surface area contributed by atoms with Gasteiger partial charge in [0.2, 0.25) is 5.91 Å². The largest absolute Gasteiger partial charge is 0.441 e. The molecular weight excluding hydrogens is 378 g/mol. The third-order valence-electron chi connectivity index (χ3n) is 4.33. The van der Waals surface area contributed by atoms with Gasteiger partial charge in [-0.1, -0.05) is 23.7 Å². The van der Waals surface area contributed by atoms with Crippen molar-refractivity contribution in [2.24, 2.45) is 0 Å². The highest BCUT2D eigenvalue weighted by Gasteiger charge is 2.11. The van der Waals surface area contributed by atoms with E-state index < -0.39 is 5.91 Å². The Balaban J connectivity index is 1.49. The number of benzene rings is 2. The number of aromatic nitrogens is 1. The minimum Gasteiger partial charge on any atom is -0.441 e. The summed E-state index contributed by atoms with van der Waals surface area (Å²) in [6, 6.07) is 12.4. The Kier molecular flexibility index (Phi) is 6.11. The maximum Gasteiger partial charge on any atom is 0.269 e. The third-order valence-corrected chi connectivity index (χ3v) is 4.58. The van der Waals surface area contributed by atoms with E-state index in [1.165, 1.54) is 11.1 Å². The number of amides is 2. The number of hydrogen-bond acceptors (Lipinski definition) is 4. The highest BCUT2D eigenvalue weighted by molar-refractivity contribution is 6.30. The molecule has 1 heterocycles. The standard InChI is InChI=1S/C21H20ClN3O3/c1-13-3-4-16(11-14(13)2)18-12-23-20(28-18)10-9-19(26)24-25-21(27)15-5-7-17(22)8-6-15/h3-8,11-12H,9-10H2,1-2H3,(H,24,26)(H,25,27). The zero-order chi connectivity index (χ0) is 20.1. The van der Waals surface area contributed by atoms with Crippen LogP contribution in [0.5, 0.6) is 0 Å². The molecule has 0 radical (unpaired) electrons. The Morgan fingerprint density at radius 1 is 1.04 bits per heavy atom. The lowest BCUT2D eigenvalue weighted by molar-refractivity contribution is -0.121. The van der Waals surface area contributed by atoms with Crippen LogP contribution >= 0.6 is 11.6 Å². The quantitative estimate of drug-likeness (QED) is 0.637. The van der Waals surface area contributed by atoms with Crippen molar-refractivity contribution in [2.45, 2.75) is 26.7 Å². The monoisotopic (exact) mass is 397 g/mol. The molecule has 144 valence electrons. The van der Waals surface area contributed by atoms with Crippen LogP contribution in [-0.4, -0.2) is 16.8 Å². The molecule has 0 unspecified atom stereocenters. The first-order valence-corrected chi connectivity index (χ1v) is 9.17. The van der Waals surface area contributed by atoms with E-state index in [4.69, 9.17) is 16.0 Å². The minimum atomic E-state index is -0.418. The molecule has 1 aromatic heterocycles. The smallest absolute Gasteiger partial charge is 0.269 e. The van der Waals surface area contributed by atoms with Gasteiger partial charge in [0.15, 0.2) is 11.7 Å². The Bertz CT molecular complexity index is 996. The molecule has 0 aliphatic carbocycles. The molecule has 3 aromatic rings. The first-order valence-electron chi connectivity index (χ1n) is 8.79. The molecule has 2 amide bonds. The molecule has 2 aromatic carbocycles. The van der Waals surface area contributed by atoms with Gasteiger partial charge in [0.1, 0.15) is 0 Å². The lowest BCUT2D eigenvalue weighted by Crippen LogP contribution is -2.41. The number of hydrazine groups is 1. The summed E-state index contributed by atoms with van der Waals surface area (Å²) in [5, 5.41) is 0.534. The molecule has 0 spiro atoms. The fourth-order valence-corrected chi connectivity index (χ4v) is 2.66. The van der Waals surface area contributed by atoms with Crippen LogP contribution in [0, 0.1) is 13.8 Å². The zero-order valence-corrected chi connectivity index (χ0v) is 16.3. The normalized spacial score (nSPS) is 10.5. The summed E-state index contributed by atoms with van der Waals surface area (Å²) >= 11 is 5.78. The molecule has 0 saturated heterocycles. The highest BCUT2D eigenvalue weighted by atomic mass is 35.5. The van der Waals surface area contributed by atoms with Crippen molar-refractivity contribution in [3.05, 3.63) is 76.3 Å². The van der Waals surface area contributed by atoms with Gasteiger partial charge in [-0.2, -0.15) is 0 Å². The molecule has 6 nitrogen and oxygen atoms in total. The van der Waals surface area contributed by atoms with Crippen molar-refractivity contribution >= 4 is 23.4 Å². The van der Waals surface area contributed by atoms with Gasteiger partial charge in [-0.05, 0) is 55.3 Å². The topological polar surface area (TPSA) is 84.2 Å². The van der Waals surface area contributed by atoms with Gasteiger partial charge in [-0.3, -0.25) is 20.4 Å². The van der Waals surface area contributed by atoms with E-state index in [-0.39, 0.29) is 12.3 Å². The molecule has 28 heavy (non-hydrogen) atoms. The van der Waals surface area contributed by atoms with E-state index in [1.54, 1.807) is 30.5 Å². The van der Waals surface area contributed by atoms with E-state index in [0.717, 1.165) is 5.56 Å².